The van der Waals surface area contributed by atoms with E-state index in [1.54, 1.807) is 6.92 Å². The summed E-state index contributed by atoms with van der Waals surface area (Å²) in [5, 5.41) is 14.2. The van der Waals surface area contributed by atoms with Crippen LogP contribution in [0.5, 0.6) is 0 Å². The number of amides is 2. The van der Waals surface area contributed by atoms with Crippen molar-refractivity contribution in [1.29, 1.82) is 0 Å². The Morgan fingerprint density at radius 2 is 1.75 bits per heavy atom. The number of non-ortho nitro benzene ring substituents is 1. The van der Waals surface area contributed by atoms with Crippen molar-refractivity contribution >= 4 is 33.2 Å². The Bertz CT molecular complexity index is 1180. The minimum absolute atomic E-state index is 0.000906. The van der Waals surface area contributed by atoms with Crippen molar-refractivity contribution in [3.05, 3.63) is 70.3 Å². The lowest BCUT2D eigenvalue weighted by atomic mass is 9.95. The second-order valence-electron chi connectivity index (χ2n) is 9.07. The number of hydrogen-bond donors (Lipinski definition) is 1. The van der Waals surface area contributed by atoms with Crippen molar-refractivity contribution in [3.8, 4) is 0 Å². The van der Waals surface area contributed by atoms with E-state index in [9.17, 15) is 28.1 Å². The van der Waals surface area contributed by atoms with Gasteiger partial charge in [0.15, 0.2) is 0 Å². The zero-order valence-electron chi connectivity index (χ0n) is 20.5. The molecule has 10 nitrogen and oxygen atoms in total. The number of benzene rings is 2. The Morgan fingerprint density at radius 3 is 2.36 bits per heavy atom. The van der Waals surface area contributed by atoms with E-state index in [2.05, 4.69) is 5.32 Å². The first kappa shape index (κ1) is 27.1. The first-order valence-corrected chi connectivity index (χ1v) is 13.8. The molecule has 3 rings (SSSR count). The fourth-order valence-electron chi connectivity index (χ4n) is 4.31. The number of nitrogens with one attached hydrogen (secondary N) is 1. The molecule has 194 valence electrons. The molecule has 0 spiro atoms. The molecule has 11 heteroatoms. The zero-order chi connectivity index (χ0) is 26.3. The maximum absolute atomic E-state index is 13.5. The maximum Gasteiger partial charge on any atom is 0.271 e. The molecule has 0 aliphatic heterocycles. The average Bonchev–Trinajstić information content (AvgIpc) is 2.86. The molecule has 1 aliphatic rings. The topological polar surface area (TPSA) is 130 Å². The molecular formula is C25H32N4O6S. The molecule has 2 aromatic carbocycles. The first-order valence-electron chi connectivity index (χ1n) is 11.9. The quantitative estimate of drug-likeness (QED) is 0.381. The lowest BCUT2D eigenvalue weighted by molar-refractivity contribution is -0.384. The summed E-state index contributed by atoms with van der Waals surface area (Å²) in [6.07, 6.45) is 5.93. The Morgan fingerprint density at radius 1 is 1.08 bits per heavy atom. The van der Waals surface area contributed by atoms with Crippen LogP contribution in [0.2, 0.25) is 0 Å². The van der Waals surface area contributed by atoms with E-state index in [-0.39, 0.29) is 29.9 Å². The summed E-state index contributed by atoms with van der Waals surface area (Å²) in [5.41, 5.74) is 0.485. The normalized spacial score (nSPS) is 15.1. The SMILES string of the molecule is CC(C(=O)NC1CCCCC1)N(Cc1ccccc1)C(=O)CN(c1cccc([N+](=O)[O-])c1)S(C)(=O)=O. The number of carbonyl (C=O) groups excluding carboxylic acids is 2. The second-order valence-corrected chi connectivity index (χ2v) is 11.0. The van der Waals surface area contributed by atoms with Gasteiger partial charge in [0.2, 0.25) is 21.8 Å². The minimum atomic E-state index is -3.97. The number of nitro groups is 1. The van der Waals surface area contributed by atoms with Crippen molar-refractivity contribution in [2.45, 2.75) is 57.7 Å². The second kappa shape index (κ2) is 12.0. The van der Waals surface area contributed by atoms with Crippen LogP contribution < -0.4 is 9.62 Å². The third kappa shape index (κ3) is 7.27. The van der Waals surface area contributed by atoms with Gasteiger partial charge in [0.1, 0.15) is 12.6 Å². The number of rotatable bonds is 10. The highest BCUT2D eigenvalue weighted by Crippen LogP contribution is 2.24. The average molecular weight is 517 g/mol. The number of nitrogens with zero attached hydrogens (tertiary/aromatic N) is 3. The van der Waals surface area contributed by atoms with E-state index in [0.29, 0.717) is 0 Å². The van der Waals surface area contributed by atoms with Crippen LogP contribution in [0.3, 0.4) is 0 Å². The molecule has 36 heavy (non-hydrogen) atoms. The molecule has 0 radical (unpaired) electrons. The molecular weight excluding hydrogens is 484 g/mol. The Hall–Kier alpha value is -3.47. The minimum Gasteiger partial charge on any atom is -0.352 e. The van der Waals surface area contributed by atoms with Crippen LogP contribution >= 0.6 is 0 Å². The molecule has 0 heterocycles. The fourth-order valence-corrected chi connectivity index (χ4v) is 5.15. The molecule has 1 saturated carbocycles. The highest BCUT2D eigenvalue weighted by Gasteiger charge is 2.31. The van der Waals surface area contributed by atoms with Gasteiger partial charge in [-0.3, -0.25) is 24.0 Å². The van der Waals surface area contributed by atoms with Crippen LogP contribution in [-0.4, -0.2) is 54.9 Å². The van der Waals surface area contributed by atoms with Crippen LogP contribution in [0.15, 0.2) is 54.6 Å². The summed E-state index contributed by atoms with van der Waals surface area (Å²) in [4.78, 5) is 38.6. The van der Waals surface area contributed by atoms with Gasteiger partial charge >= 0.3 is 0 Å². The smallest absolute Gasteiger partial charge is 0.271 e. The summed E-state index contributed by atoms with van der Waals surface area (Å²) < 4.78 is 26.0. The van der Waals surface area contributed by atoms with E-state index in [4.69, 9.17) is 0 Å². The summed E-state index contributed by atoms with van der Waals surface area (Å²) >= 11 is 0. The first-order chi connectivity index (χ1) is 17.1. The monoisotopic (exact) mass is 516 g/mol. The van der Waals surface area contributed by atoms with Gasteiger partial charge in [-0.05, 0) is 31.4 Å². The van der Waals surface area contributed by atoms with Crippen LogP contribution in [0.25, 0.3) is 0 Å². The molecule has 1 aliphatic carbocycles. The van der Waals surface area contributed by atoms with Gasteiger partial charge in [0, 0.05) is 24.7 Å². The van der Waals surface area contributed by atoms with Gasteiger partial charge in [0.25, 0.3) is 5.69 Å². The highest BCUT2D eigenvalue weighted by atomic mass is 32.2. The Balaban J connectivity index is 1.87. The summed E-state index contributed by atoms with van der Waals surface area (Å²) in [7, 11) is -3.97. The van der Waals surface area contributed by atoms with E-state index in [0.717, 1.165) is 54.3 Å². The van der Waals surface area contributed by atoms with Gasteiger partial charge in [-0.2, -0.15) is 0 Å². The Kier molecular flexibility index (Phi) is 9.03. The number of carbonyl (C=O) groups is 2. The molecule has 1 unspecified atom stereocenters. The number of sulfonamides is 1. The molecule has 0 saturated heterocycles. The zero-order valence-corrected chi connectivity index (χ0v) is 21.3. The summed E-state index contributed by atoms with van der Waals surface area (Å²) in [6, 6.07) is 13.4. The van der Waals surface area contributed by atoms with E-state index < -0.39 is 33.4 Å². The van der Waals surface area contributed by atoms with Gasteiger partial charge in [-0.15, -0.1) is 0 Å². The largest absolute Gasteiger partial charge is 0.352 e. The molecule has 2 amide bonds. The standard InChI is InChI=1S/C25H32N4O6S/c1-19(25(31)26-21-12-7-4-8-13-21)27(17-20-10-5-3-6-11-20)24(30)18-28(36(2,34)35)22-14-9-15-23(16-22)29(32)33/h3,5-6,9-11,14-16,19,21H,4,7-8,12-13,17-18H2,1-2H3,(H,26,31). The summed E-state index contributed by atoms with van der Waals surface area (Å²) in [5.74, 6) is -0.894. The van der Waals surface area contributed by atoms with Gasteiger partial charge in [-0.25, -0.2) is 8.42 Å². The van der Waals surface area contributed by atoms with Crippen LogP contribution in [0.1, 0.15) is 44.6 Å². The van der Waals surface area contributed by atoms with Crippen LogP contribution in [0.4, 0.5) is 11.4 Å². The molecule has 1 atom stereocenters. The van der Waals surface area contributed by atoms with Gasteiger partial charge in [-0.1, -0.05) is 55.7 Å². The van der Waals surface area contributed by atoms with Crippen molar-refractivity contribution in [1.82, 2.24) is 10.2 Å². The van der Waals surface area contributed by atoms with Gasteiger partial charge < -0.3 is 10.2 Å². The third-order valence-electron chi connectivity index (χ3n) is 6.32. The van der Waals surface area contributed by atoms with Gasteiger partial charge in [0.05, 0.1) is 16.9 Å². The predicted molar refractivity (Wildman–Crippen MR) is 137 cm³/mol. The highest BCUT2D eigenvalue weighted by molar-refractivity contribution is 7.92. The predicted octanol–water partition coefficient (Wildman–Crippen LogP) is 3.23. The van der Waals surface area contributed by atoms with E-state index >= 15 is 0 Å². The van der Waals surface area contributed by atoms with E-state index in [1.807, 2.05) is 30.3 Å². The van der Waals surface area contributed by atoms with Crippen molar-refractivity contribution in [2.24, 2.45) is 0 Å². The molecule has 1 fully saturated rings. The molecule has 0 aromatic heterocycles. The Labute approximate surface area is 211 Å². The number of hydrogen-bond acceptors (Lipinski definition) is 6. The van der Waals surface area contributed by atoms with Crippen molar-refractivity contribution in [3.63, 3.8) is 0 Å². The molecule has 1 N–H and O–H groups in total. The molecule has 2 aromatic rings. The molecule has 0 bridgehead atoms. The number of anilines is 1. The van der Waals surface area contributed by atoms with Crippen LogP contribution in [-0.2, 0) is 26.2 Å². The van der Waals surface area contributed by atoms with Crippen molar-refractivity contribution < 1.29 is 22.9 Å². The fraction of sp³-hybridized carbons (Fsp3) is 0.440. The lowest BCUT2D eigenvalue weighted by Crippen LogP contribution is -2.52. The van der Waals surface area contributed by atoms with Crippen LogP contribution in [0, 0.1) is 10.1 Å². The maximum atomic E-state index is 13.5. The lowest BCUT2D eigenvalue weighted by Gasteiger charge is -2.33. The van der Waals surface area contributed by atoms with E-state index in [1.165, 1.54) is 23.1 Å². The third-order valence-corrected chi connectivity index (χ3v) is 7.46. The van der Waals surface area contributed by atoms with Crippen molar-refractivity contribution in [2.75, 3.05) is 17.1 Å². The summed E-state index contributed by atoms with van der Waals surface area (Å²) in [6.45, 7) is 1.12. The number of nitro benzene ring substituents is 1.